The Bertz CT molecular complexity index is 821. The molecule has 178 valence electrons. The van der Waals surface area contributed by atoms with E-state index in [2.05, 4.69) is 19.2 Å². The van der Waals surface area contributed by atoms with E-state index in [0.29, 0.717) is 37.4 Å². The average molecular weight is 448 g/mol. The molecule has 0 bridgehead atoms. The smallest absolute Gasteiger partial charge is 0.167 e. The van der Waals surface area contributed by atoms with Gasteiger partial charge in [-0.3, -0.25) is 14.4 Å². The molecule has 1 aliphatic rings. The summed E-state index contributed by atoms with van der Waals surface area (Å²) in [6, 6.07) is 3.74. The van der Waals surface area contributed by atoms with E-state index in [1.165, 1.54) is 6.92 Å². The highest BCUT2D eigenvalue weighted by molar-refractivity contribution is 6.01. The minimum atomic E-state index is -0.738. The van der Waals surface area contributed by atoms with Crippen LogP contribution in [0.1, 0.15) is 74.4 Å². The van der Waals surface area contributed by atoms with Gasteiger partial charge in [0, 0.05) is 31.5 Å². The quantitative estimate of drug-likeness (QED) is 0.343. The van der Waals surface area contributed by atoms with E-state index in [-0.39, 0.29) is 61.0 Å². The van der Waals surface area contributed by atoms with Gasteiger partial charge in [-0.15, -0.1) is 0 Å². The molecule has 0 heterocycles. The molecule has 7 heteroatoms. The zero-order valence-corrected chi connectivity index (χ0v) is 19.4. The normalized spacial score (nSPS) is 18.7. The van der Waals surface area contributed by atoms with Gasteiger partial charge in [-0.2, -0.15) is 0 Å². The van der Waals surface area contributed by atoms with Crippen LogP contribution in [0.3, 0.4) is 0 Å². The molecular formula is C25H37NO6. The number of aromatic hydroxyl groups is 1. The van der Waals surface area contributed by atoms with Crippen LogP contribution in [0, 0.1) is 17.8 Å². The Morgan fingerprint density at radius 1 is 1.22 bits per heavy atom. The van der Waals surface area contributed by atoms with Crippen molar-refractivity contribution in [3.05, 3.63) is 28.8 Å². The SMILES string of the molecule is CCC(C)NCc1ccc(O)c2c1CC(CC(CCO)C(CO)C(=O)CC(C)=O)CC2=O. The summed E-state index contributed by atoms with van der Waals surface area (Å²) in [5.74, 6) is -1.85. The molecule has 0 aromatic heterocycles. The van der Waals surface area contributed by atoms with Crippen molar-refractivity contribution >= 4 is 17.3 Å². The average Bonchev–Trinajstić information content (AvgIpc) is 2.72. The molecule has 0 saturated heterocycles. The number of hydrogen-bond donors (Lipinski definition) is 4. The number of hydrogen-bond acceptors (Lipinski definition) is 7. The third kappa shape index (κ3) is 6.70. The first-order chi connectivity index (χ1) is 15.2. The van der Waals surface area contributed by atoms with Crippen LogP contribution >= 0.6 is 0 Å². The standard InChI is InChI=1S/C25H37NO6/c1-4-15(2)26-13-19-5-6-22(30)25-20(19)11-17(12-24(25)32)10-18(7-8-27)21(14-28)23(31)9-16(3)29/h5-6,15,17-18,21,26-28,30H,4,7-14H2,1-3H3. The largest absolute Gasteiger partial charge is 0.507 e. The molecule has 0 spiro atoms. The monoisotopic (exact) mass is 447 g/mol. The van der Waals surface area contributed by atoms with Crippen molar-refractivity contribution < 1.29 is 29.7 Å². The van der Waals surface area contributed by atoms with Crippen LogP contribution in [-0.2, 0) is 22.6 Å². The first-order valence-electron chi connectivity index (χ1n) is 11.6. The first kappa shape index (κ1) is 26.2. The Kier molecular flexibility index (Phi) is 10.0. The molecule has 1 aromatic rings. The van der Waals surface area contributed by atoms with Gasteiger partial charge in [0.1, 0.15) is 17.3 Å². The van der Waals surface area contributed by atoms with Crippen molar-refractivity contribution in [2.75, 3.05) is 13.2 Å². The number of aliphatic hydroxyl groups is 2. The van der Waals surface area contributed by atoms with E-state index >= 15 is 0 Å². The second-order valence-electron chi connectivity index (χ2n) is 9.13. The fraction of sp³-hybridized carbons (Fsp3) is 0.640. The van der Waals surface area contributed by atoms with Crippen LogP contribution < -0.4 is 5.32 Å². The van der Waals surface area contributed by atoms with Crippen molar-refractivity contribution in [1.29, 1.82) is 0 Å². The summed E-state index contributed by atoms with van der Waals surface area (Å²) in [5, 5.41) is 33.2. The molecule has 4 N–H and O–H groups in total. The maximum absolute atomic E-state index is 12.9. The van der Waals surface area contributed by atoms with E-state index < -0.39 is 5.92 Å². The number of Topliss-reactive ketones (excluding diaryl/α,β-unsaturated/α-hetero) is 3. The summed E-state index contributed by atoms with van der Waals surface area (Å²) in [4.78, 5) is 36.8. The first-order valence-corrected chi connectivity index (χ1v) is 11.6. The van der Waals surface area contributed by atoms with Gasteiger partial charge in [-0.05, 0) is 68.6 Å². The summed E-state index contributed by atoms with van der Waals surface area (Å²) in [5.41, 5.74) is 2.19. The van der Waals surface area contributed by atoms with Crippen molar-refractivity contribution in [2.24, 2.45) is 17.8 Å². The summed E-state index contributed by atoms with van der Waals surface area (Å²) in [7, 11) is 0. The van der Waals surface area contributed by atoms with E-state index in [4.69, 9.17) is 0 Å². The van der Waals surface area contributed by atoms with Crippen LogP contribution in [0.15, 0.2) is 12.1 Å². The molecule has 0 fully saturated rings. The number of nitrogens with one attached hydrogen (secondary N) is 1. The Balaban J connectivity index is 2.26. The number of aliphatic hydroxyl groups excluding tert-OH is 2. The molecule has 0 saturated carbocycles. The molecule has 4 atom stereocenters. The molecule has 4 unspecified atom stereocenters. The highest BCUT2D eigenvalue weighted by Gasteiger charge is 2.34. The molecule has 7 nitrogen and oxygen atoms in total. The second-order valence-corrected chi connectivity index (χ2v) is 9.13. The summed E-state index contributed by atoms with van der Waals surface area (Å²) in [6.07, 6.45) is 2.35. The number of benzene rings is 1. The predicted octanol–water partition coefficient (Wildman–Crippen LogP) is 2.57. The minimum Gasteiger partial charge on any atom is -0.507 e. The third-order valence-corrected chi connectivity index (χ3v) is 6.63. The molecule has 0 aliphatic heterocycles. The maximum atomic E-state index is 12.9. The van der Waals surface area contributed by atoms with Crippen molar-refractivity contribution in [3.8, 4) is 5.75 Å². The van der Waals surface area contributed by atoms with Crippen molar-refractivity contribution in [3.63, 3.8) is 0 Å². The van der Waals surface area contributed by atoms with Crippen LogP contribution in [0.25, 0.3) is 0 Å². The van der Waals surface area contributed by atoms with E-state index in [0.717, 1.165) is 17.5 Å². The van der Waals surface area contributed by atoms with Gasteiger partial charge in [-0.1, -0.05) is 13.0 Å². The molecule has 0 radical (unpaired) electrons. The van der Waals surface area contributed by atoms with Gasteiger partial charge in [0.2, 0.25) is 0 Å². The molecule has 2 rings (SSSR count). The van der Waals surface area contributed by atoms with E-state index in [1.54, 1.807) is 6.07 Å². The second kappa shape index (κ2) is 12.2. The lowest BCUT2D eigenvalue weighted by atomic mass is 9.73. The zero-order valence-electron chi connectivity index (χ0n) is 19.4. The van der Waals surface area contributed by atoms with Crippen LogP contribution in [0.2, 0.25) is 0 Å². The summed E-state index contributed by atoms with van der Waals surface area (Å²) in [6.45, 7) is 5.58. The van der Waals surface area contributed by atoms with Gasteiger partial charge in [0.15, 0.2) is 5.78 Å². The van der Waals surface area contributed by atoms with Crippen molar-refractivity contribution in [1.82, 2.24) is 5.32 Å². The molecular weight excluding hydrogens is 410 g/mol. The van der Waals surface area contributed by atoms with Gasteiger partial charge >= 0.3 is 0 Å². The number of fused-ring (bicyclic) bond motifs is 1. The number of phenolic OH excluding ortho intramolecular Hbond substituents is 1. The Hall–Kier alpha value is -2.09. The van der Waals surface area contributed by atoms with Gasteiger partial charge < -0.3 is 20.6 Å². The number of rotatable bonds is 13. The summed E-state index contributed by atoms with van der Waals surface area (Å²) < 4.78 is 0. The Morgan fingerprint density at radius 3 is 2.53 bits per heavy atom. The highest BCUT2D eigenvalue weighted by atomic mass is 16.3. The van der Waals surface area contributed by atoms with Gasteiger partial charge in [0.05, 0.1) is 18.6 Å². The number of carbonyl (C=O) groups is 3. The molecule has 0 amide bonds. The molecule has 32 heavy (non-hydrogen) atoms. The summed E-state index contributed by atoms with van der Waals surface area (Å²) >= 11 is 0. The highest BCUT2D eigenvalue weighted by Crippen LogP contribution is 2.38. The zero-order chi connectivity index (χ0) is 23.8. The van der Waals surface area contributed by atoms with Crippen LogP contribution in [0.4, 0.5) is 0 Å². The Morgan fingerprint density at radius 2 is 1.94 bits per heavy atom. The van der Waals surface area contributed by atoms with Crippen LogP contribution in [0.5, 0.6) is 5.75 Å². The van der Waals surface area contributed by atoms with Gasteiger partial charge in [-0.25, -0.2) is 0 Å². The van der Waals surface area contributed by atoms with E-state index in [1.807, 2.05) is 6.07 Å². The predicted molar refractivity (Wildman–Crippen MR) is 122 cm³/mol. The number of ketones is 3. The molecule has 1 aromatic carbocycles. The minimum absolute atomic E-state index is 0.00693. The fourth-order valence-electron chi connectivity index (χ4n) is 4.68. The van der Waals surface area contributed by atoms with Crippen molar-refractivity contribution in [2.45, 2.75) is 71.9 Å². The van der Waals surface area contributed by atoms with Crippen LogP contribution in [-0.4, -0.2) is 51.9 Å². The number of carbonyl (C=O) groups excluding carboxylic acids is 3. The third-order valence-electron chi connectivity index (χ3n) is 6.63. The topological polar surface area (TPSA) is 124 Å². The van der Waals surface area contributed by atoms with E-state index in [9.17, 15) is 29.7 Å². The lowest BCUT2D eigenvalue weighted by Crippen LogP contribution is -2.33. The number of phenols is 1. The Labute approximate surface area is 190 Å². The van der Waals surface area contributed by atoms with Gasteiger partial charge in [0.25, 0.3) is 0 Å². The molecule has 1 aliphatic carbocycles. The fourth-order valence-corrected chi connectivity index (χ4v) is 4.68. The lowest BCUT2D eigenvalue weighted by Gasteiger charge is -2.32. The maximum Gasteiger partial charge on any atom is 0.167 e. The lowest BCUT2D eigenvalue weighted by molar-refractivity contribution is -0.131.